The standard InChI is InChI=1S/C14H18F3NO2/c1-9-8-11(4-7-13(9)20-14(15,16)17)18-10-2-5-12(19)6-3-10/h4,7-8,10,12,18-19H,2-3,5-6H2,1H3. The maximum absolute atomic E-state index is 12.2. The molecule has 0 aromatic heterocycles. The lowest BCUT2D eigenvalue weighted by Crippen LogP contribution is -2.28. The highest BCUT2D eigenvalue weighted by Gasteiger charge is 2.31. The fourth-order valence-electron chi connectivity index (χ4n) is 2.43. The van der Waals surface area contributed by atoms with Crippen molar-refractivity contribution in [2.75, 3.05) is 5.32 Å². The number of alkyl halides is 3. The van der Waals surface area contributed by atoms with Gasteiger partial charge in [0.1, 0.15) is 5.75 Å². The van der Waals surface area contributed by atoms with Gasteiger partial charge in [0.05, 0.1) is 6.10 Å². The maximum atomic E-state index is 12.2. The number of aryl methyl sites for hydroxylation is 1. The Morgan fingerprint density at radius 2 is 1.85 bits per heavy atom. The van der Waals surface area contributed by atoms with Crippen LogP contribution in [0.4, 0.5) is 18.9 Å². The largest absolute Gasteiger partial charge is 0.573 e. The van der Waals surface area contributed by atoms with Crippen LogP contribution in [0.5, 0.6) is 5.75 Å². The monoisotopic (exact) mass is 289 g/mol. The number of aliphatic hydroxyl groups is 1. The molecule has 6 heteroatoms. The van der Waals surface area contributed by atoms with Gasteiger partial charge in [-0.15, -0.1) is 13.2 Å². The summed E-state index contributed by atoms with van der Waals surface area (Å²) in [5.41, 5.74) is 1.21. The third-order valence-corrected chi connectivity index (χ3v) is 3.47. The summed E-state index contributed by atoms with van der Waals surface area (Å²) in [7, 11) is 0. The van der Waals surface area contributed by atoms with Crippen LogP contribution in [0.3, 0.4) is 0 Å². The van der Waals surface area contributed by atoms with E-state index in [9.17, 15) is 18.3 Å². The first kappa shape index (κ1) is 15.0. The van der Waals surface area contributed by atoms with Crippen LogP contribution in [0.15, 0.2) is 18.2 Å². The summed E-state index contributed by atoms with van der Waals surface area (Å²) in [4.78, 5) is 0. The van der Waals surface area contributed by atoms with Crippen LogP contribution >= 0.6 is 0 Å². The van der Waals surface area contributed by atoms with Gasteiger partial charge in [-0.05, 0) is 56.4 Å². The van der Waals surface area contributed by atoms with Crippen molar-refractivity contribution < 1.29 is 23.0 Å². The fourth-order valence-corrected chi connectivity index (χ4v) is 2.43. The normalized spacial score (nSPS) is 23.4. The molecule has 0 atom stereocenters. The molecular formula is C14H18F3NO2. The summed E-state index contributed by atoms with van der Waals surface area (Å²) in [6, 6.07) is 4.81. The zero-order valence-corrected chi connectivity index (χ0v) is 11.2. The number of ether oxygens (including phenoxy) is 1. The van der Waals surface area contributed by atoms with Crippen LogP contribution in [0.1, 0.15) is 31.2 Å². The SMILES string of the molecule is Cc1cc(NC2CCC(O)CC2)ccc1OC(F)(F)F. The van der Waals surface area contributed by atoms with Crippen molar-refractivity contribution in [1.29, 1.82) is 0 Å². The van der Waals surface area contributed by atoms with E-state index in [1.807, 2.05) is 0 Å². The number of nitrogens with one attached hydrogen (secondary N) is 1. The second-order valence-electron chi connectivity index (χ2n) is 5.18. The van der Waals surface area contributed by atoms with Gasteiger partial charge in [0.2, 0.25) is 0 Å². The van der Waals surface area contributed by atoms with Crippen molar-refractivity contribution in [3.05, 3.63) is 23.8 Å². The van der Waals surface area contributed by atoms with Gasteiger partial charge >= 0.3 is 6.36 Å². The molecule has 0 heterocycles. The number of hydrogen-bond donors (Lipinski definition) is 2. The summed E-state index contributed by atoms with van der Waals surface area (Å²) in [5, 5.41) is 12.7. The predicted octanol–water partition coefficient (Wildman–Crippen LogP) is 3.61. The van der Waals surface area contributed by atoms with Crippen molar-refractivity contribution in [3.63, 3.8) is 0 Å². The number of benzene rings is 1. The molecule has 0 unspecified atom stereocenters. The molecule has 20 heavy (non-hydrogen) atoms. The Labute approximate surface area is 115 Å². The lowest BCUT2D eigenvalue weighted by Gasteiger charge is -2.27. The molecule has 3 nitrogen and oxygen atoms in total. The number of halogens is 3. The van der Waals surface area contributed by atoms with Gasteiger partial charge in [0.25, 0.3) is 0 Å². The molecule has 1 aromatic carbocycles. The first-order valence-electron chi connectivity index (χ1n) is 6.64. The van der Waals surface area contributed by atoms with Gasteiger partial charge in [-0.2, -0.15) is 0 Å². The van der Waals surface area contributed by atoms with Crippen LogP contribution in [0.25, 0.3) is 0 Å². The van der Waals surface area contributed by atoms with Gasteiger partial charge < -0.3 is 15.2 Å². The molecule has 1 aliphatic rings. The second kappa shape index (κ2) is 5.91. The predicted molar refractivity (Wildman–Crippen MR) is 69.7 cm³/mol. The van der Waals surface area contributed by atoms with E-state index in [4.69, 9.17) is 0 Å². The quantitative estimate of drug-likeness (QED) is 0.893. The van der Waals surface area contributed by atoms with Crippen LogP contribution < -0.4 is 10.1 Å². The Hall–Kier alpha value is -1.43. The van der Waals surface area contributed by atoms with Crippen molar-refractivity contribution >= 4 is 5.69 Å². The molecule has 0 amide bonds. The Morgan fingerprint density at radius 1 is 1.20 bits per heavy atom. The third-order valence-electron chi connectivity index (χ3n) is 3.47. The highest BCUT2D eigenvalue weighted by Crippen LogP contribution is 2.29. The number of aliphatic hydroxyl groups excluding tert-OH is 1. The molecule has 0 saturated heterocycles. The molecule has 1 aliphatic carbocycles. The summed E-state index contributed by atoms with van der Waals surface area (Å²) < 4.78 is 40.4. The molecular weight excluding hydrogens is 271 g/mol. The van der Waals surface area contributed by atoms with E-state index in [1.165, 1.54) is 6.07 Å². The lowest BCUT2D eigenvalue weighted by molar-refractivity contribution is -0.274. The van der Waals surface area contributed by atoms with Gasteiger partial charge in [-0.3, -0.25) is 0 Å². The molecule has 1 fully saturated rings. The van der Waals surface area contributed by atoms with Gasteiger partial charge in [0.15, 0.2) is 0 Å². The van der Waals surface area contributed by atoms with Crippen molar-refractivity contribution in [3.8, 4) is 5.75 Å². The second-order valence-corrected chi connectivity index (χ2v) is 5.18. The zero-order chi connectivity index (χ0) is 14.8. The Kier molecular flexibility index (Phi) is 4.42. The van der Waals surface area contributed by atoms with Crippen molar-refractivity contribution in [2.24, 2.45) is 0 Å². The third kappa shape index (κ3) is 4.30. The molecule has 0 radical (unpaired) electrons. The topological polar surface area (TPSA) is 41.5 Å². The van der Waals surface area contributed by atoms with Gasteiger partial charge in [-0.1, -0.05) is 0 Å². The minimum atomic E-state index is -4.67. The summed E-state index contributed by atoms with van der Waals surface area (Å²) in [5.74, 6) is -0.179. The van der Waals surface area contributed by atoms with Crippen LogP contribution in [-0.2, 0) is 0 Å². The minimum Gasteiger partial charge on any atom is -0.406 e. The molecule has 2 N–H and O–H groups in total. The van der Waals surface area contributed by atoms with Crippen LogP contribution in [-0.4, -0.2) is 23.6 Å². The van der Waals surface area contributed by atoms with Crippen molar-refractivity contribution in [2.45, 2.75) is 51.1 Å². The van der Waals surface area contributed by atoms with Crippen molar-refractivity contribution in [1.82, 2.24) is 0 Å². The van der Waals surface area contributed by atoms with E-state index in [0.29, 0.717) is 5.56 Å². The average Bonchev–Trinajstić information content (AvgIpc) is 2.34. The van der Waals surface area contributed by atoms with Crippen LogP contribution in [0, 0.1) is 6.92 Å². The molecule has 112 valence electrons. The molecule has 2 rings (SSSR count). The smallest absolute Gasteiger partial charge is 0.406 e. The maximum Gasteiger partial charge on any atom is 0.573 e. The number of rotatable bonds is 3. The summed E-state index contributed by atoms with van der Waals surface area (Å²) in [6.07, 6.45) is -1.66. The van der Waals surface area contributed by atoms with E-state index < -0.39 is 6.36 Å². The van der Waals surface area contributed by atoms with E-state index >= 15 is 0 Å². The molecule has 1 aromatic rings. The Balaban J connectivity index is 1.98. The molecule has 0 aliphatic heterocycles. The first-order valence-corrected chi connectivity index (χ1v) is 6.64. The summed E-state index contributed by atoms with van der Waals surface area (Å²) >= 11 is 0. The lowest BCUT2D eigenvalue weighted by atomic mass is 9.93. The Bertz CT molecular complexity index is 454. The minimum absolute atomic E-state index is 0.179. The molecule has 1 saturated carbocycles. The molecule has 0 bridgehead atoms. The zero-order valence-electron chi connectivity index (χ0n) is 11.2. The van der Waals surface area contributed by atoms with E-state index in [1.54, 1.807) is 19.1 Å². The van der Waals surface area contributed by atoms with E-state index in [0.717, 1.165) is 31.4 Å². The average molecular weight is 289 g/mol. The van der Waals surface area contributed by atoms with E-state index in [2.05, 4.69) is 10.1 Å². The van der Waals surface area contributed by atoms with Crippen LogP contribution in [0.2, 0.25) is 0 Å². The summed E-state index contributed by atoms with van der Waals surface area (Å²) in [6.45, 7) is 1.58. The first-order chi connectivity index (χ1) is 9.33. The van der Waals surface area contributed by atoms with Gasteiger partial charge in [0, 0.05) is 11.7 Å². The van der Waals surface area contributed by atoms with Gasteiger partial charge in [-0.25, -0.2) is 0 Å². The molecule has 0 spiro atoms. The highest BCUT2D eigenvalue weighted by atomic mass is 19.4. The van der Waals surface area contributed by atoms with E-state index in [-0.39, 0.29) is 17.9 Å². The highest BCUT2D eigenvalue weighted by molar-refractivity contribution is 5.51. The number of hydrogen-bond acceptors (Lipinski definition) is 3. The Morgan fingerprint density at radius 3 is 2.40 bits per heavy atom. The number of anilines is 1. The fraction of sp³-hybridized carbons (Fsp3) is 0.571.